The number of aliphatic imine (C=N–C) groups is 1. The van der Waals surface area contributed by atoms with Gasteiger partial charge in [-0.25, -0.2) is 0 Å². The Morgan fingerprint density at radius 1 is 1.19 bits per heavy atom. The Balaban J connectivity index is 0.00000364. The molecule has 1 aliphatic rings. The molecule has 0 radical (unpaired) electrons. The van der Waals surface area contributed by atoms with Crippen LogP contribution in [0.15, 0.2) is 35.3 Å². The first-order chi connectivity index (χ1) is 12.6. The number of likely N-dealkylation sites (tertiary alicyclic amines) is 1. The van der Waals surface area contributed by atoms with Crippen molar-refractivity contribution in [1.29, 1.82) is 0 Å². The topological polar surface area (TPSA) is 83.0 Å². The highest BCUT2D eigenvalue weighted by atomic mass is 127. The van der Waals surface area contributed by atoms with Gasteiger partial charge < -0.3 is 20.3 Å². The number of guanidine groups is 1. The third-order valence-corrected chi connectivity index (χ3v) is 4.37. The monoisotopic (exact) mass is 488 g/mol. The molecule has 1 aromatic carbocycles. The van der Waals surface area contributed by atoms with Gasteiger partial charge in [0.05, 0.1) is 19.1 Å². The second-order valence-corrected chi connectivity index (χ2v) is 6.18. The summed E-state index contributed by atoms with van der Waals surface area (Å²) in [6, 6.07) is 9.78. The predicted octanol–water partition coefficient (Wildman–Crippen LogP) is 1.77. The molecule has 7 nitrogen and oxygen atoms in total. The smallest absolute Gasteiger partial charge is 0.309 e. The lowest BCUT2D eigenvalue weighted by atomic mass is 9.97. The molecule has 1 amide bonds. The van der Waals surface area contributed by atoms with Crippen LogP contribution in [-0.2, 0) is 20.9 Å². The van der Waals surface area contributed by atoms with E-state index in [-0.39, 0.29) is 48.3 Å². The number of hydrogen-bond acceptors (Lipinski definition) is 4. The molecule has 0 aromatic heterocycles. The molecule has 27 heavy (non-hydrogen) atoms. The molecule has 2 N–H and O–H groups in total. The normalized spacial score (nSPS) is 14.9. The number of halogens is 1. The molecular formula is C19H29IN4O3. The van der Waals surface area contributed by atoms with E-state index in [9.17, 15) is 9.59 Å². The van der Waals surface area contributed by atoms with E-state index in [1.807, 2.05) is 37.3 Å². The summed E-state index contributed by atoms with van der Waals surface area (Å²) in [4.78, 5) is 30.1. The van der Waals surface area contributed by atoms with Crippen molar-refractivity contribution in [2.45, 2.75) is 26.3 Å². The van der Waals surface area contributed by atoms with Crippen LogP contribution in [0.4, 0.5) is 0 Å². The van der Waals surface area contributed by atoms with Crippen molar-refractivity contribution in [3.8, 4) is 0 Å². The van der Waals surface area contributed by atoms with Crippen molar-refractivity contribution < 1.29 is 14.3 Å². The number of nitrogens with zero attached hydrogens (tertiary/aromatic N) is 2. The van der Waals surface area contributed by atoms with Crippen molar-refractivity contribution in [1.82, 2.24) is 15.5 Å². The lowest BCUT2D eigenvalue weighted by Gasteiger charge is -2.33. The van der Waals surface area contributed by atoms with Crippen molar-refractivity contribution in [2.75, 3.05) is 33.3 Å². The largest absolute Gasteiger partial charge is 0.466 e. The number of carbonyl (C=O) groups is 2. The van der Waals surface area contributed by atoms with Gasteiger partial charge in [0.15, 0.2) is 5.96 Å². The van der Waals surface area contributed by atoms with Crippen LogP contribution >= 0.6 is 24.0 Å². The first-order valence-electron chi connectivity index (χ1n) is 9.07. The zero-order chi connectivity index (χ0) is 18.8. The number of esters is 1. The molecule has 0 bridgehead atoms. The van der Waals surface area contributed by atoms with Gasteiger partial charge in [0.1, 0.15) is 0 Å². The van der Waals surface area contributed by atoms with Gasteiger partial charge in [-0.3, -0.25) is 14.6 Å². The van der Waals surface area contributed by atoms with Gasteiger partial charge in [0, 0.05) is 26.7 Å². The van der Waals surface area contributed by atoms with E-state index in [1.165, 1.54) is 0 Å². The van der Waals surface area contributed by atoms with Gasteiger partial charge in [-0.1, -0.05) is 30.3 Å². The molecule has 0 unspecified atom stereocenters. The number of rotatable bonds is 6. The molecule has 150 valence electrons. The average molecular weight is 488 g/mol. The second-order valence-electron chi connectivity index (χ2n) is 6.18. The van der Waals surface area contributed by atoms with Crippen LogP contribution in [0.3, 0.4) is 0 Å². The minimum Gasteiger partial charge on any atom is -0.466 e. The summed E-state index contributed by atoms with van der Waals surface area (Å²) in [7, 11) is 1.70. The molecule has 1 aromatic rings. The minimum absolute atomic E-state index is 0. The fourth-order valence-corrected chi connectivity index (χ4v) is 2.94. The highest BCUT2D eigenvalue weighted by molar-refractivity contribution is 14.0. The maximum Gasteiger partial charge on any atom is 0.309 e. The first kappa shape index (κ1) is 23.2. The average Bonchev–Trinajstić information content (AvgIpc) is 2.68. The van der Waals surface area contributed by atoms with E-state index in [0.29, 0.717) is 19.1 Å². The Kier molecular flexibility index (Phi) is 10.8. The summed E-state index contributed by atoms with van der Waals surface area (Å²) in [6.45, 7) is 4.34. The Bertz CT molecular complexity index is 617. The van der Waals surface area contributed by atoms with Crippen molar-refractivity contribution >= 4 is 41.8 Å². The molecule has 1 heterocycles. The third kappa shape index (κ3) is 7.74. The molecule has 0 spiro atoms. The van der Waals surface area contributed by atoms with E-state index < -0.39 is 0 Å². The highest BCUT2D eigenvalue weighted by Crippen LogP contribution is 2.18. The lowest BCUT2D eigenvalue weighted by Crippen LogP contribution is -2.49. The fraction of sp³-hybridized carbons (Fsp3) is 0.526. The molecule has 0 saturated carbocycles. The molecular weight excluding hydrogens is 459 g/mol. The second kappa shape index (κ2) is 12.5. The van der Waals surface area contributed by atoms with Crippen LogP contribution in [0.25, 0.3) is 0 Å². The quantitative estimate of drug-likeness (QED) is 0.276. The van der Waals surface area contributed by atoms with Gasteiger partial charge >= 0.3 is 5.97 Å². The van der Waals surface area contributed by atoms with E-state index in [1.54, 1.807) is 7.05 Å². The number of ether oxygens (including phenoxy) is 1. The molecule has 1 fully saturated rings. The Labute approximate surface area is 178 Å². The molecule has 8 heteroatoms. The molecule has 0 atom stereocenters. The van der Waals surface area contributed by atoms with Gasteiger partial charge in [-0.2, -0.15) is 0 Å². The van der Waals surface area contributed by atoms with Crippen LogP contribution in [0.5, 0.6) is 0 Å². The predicted molar refractivity (Wildman–Crippen MR) is 116 cm³/mol. The standard InChI is InChI=1S/C19H28N4O3.HI/c1-3-26-18(25)16-9-11-23(12-10-16)19(20-2)22-14-17(24)21-13-15-7-5-4-6-8-15;/h4-8,16H,3,9-14H2,1-2H3,(H,20,22)(H,21,24);1H. The third-order valence-electron chi connectivity index (χ3n) is 4.37. The Morgan fingerprint density at radius 2 is 1.85 bits per heavy atom. The van der Waals surface area contributed by atoms with Crippen LogP contribution in [-0.4, -0.2) is 56.0 Å². The van der Waals surface area contributed by atoms with Crippen molar-refractivity contribution in [3.05, 3.63) is 35.9 Å². The summed E-state index contributed by atoms with van der Waals surface area (Å²) in [6.07, 6.45) is 1.47. The van der Waals surface area contributed by atoms with E-state index in [4.69, 9.17) is 4.74 Å². The molecule has 2 rings (SSSR count). The Hall–Kier alpha value is -1.84. The minimum atomic E-state index is -0.115. The summed E-state index contributed by atoms with van der Waals surface area (Å²) in [5.41, 5.74) is 1.06. The summed E-state index contributed by atoms with van der Waals surface area (Å²) < 4.78 is 5.09. The van der Waals surface area contributed by atoms with Crippen LogP contribution in [0.1, 0.15) is 25.3 Å². The number of piperidine rings is 1. The zero-order valence-corrected chi connectivity index (χ0v) is 18.3. The van der Waals surface area contributed by atoms with E-state index in [2.05, 4.69) is 20.5 Å². The summed E-state index contributed by atoms with van der Waals surface area (Å²) in [5, 5.41) is 5.97. The van der Waals surface area contributed by atoms with E-state index in [0.717, 1.165) is 31.5 Å². The molecule has 1 aliphatic heterocycles. The van der Waals surface area contributed by atoms with Crippen LogP contribution in [0.2, 0.25) is 0 Å². The SMILES string of the molecule is CCOC(=O)C1CCN(C(=NC)NCC(=O)NCc2ccccc2)CC1.I. The first-order valence-corrected chi connectivity index (χ1v) is 9.07. The van der Waals surface area contributed by atoms with E-state index >= 15 is 0 Å². The van der Waals surface area contributed by atoms with Gasteiger partial charge in [0.2, 0.25) is 5.91 Å². The van der Waals surface area contributed by atoms with Crippen LogP contribution < -0.4 is 10.6 Å². The maximum atomic E-state index is 12.0. The van der Waals surface area contributed by atoms with Gasteiger partial charge in [-0.05, 0) is 25.3 Å². The lowest BCUT2D eigenvalue weighted by molar-refractivity contribution is -0.149. The summed E-state index contributed by atoms with van der Waals surface area (Å²) >= 11 is 0. The Morgan fingerprint density at radius 3 is 2.44 bits per heavy atom. The number of hydrogen-bond donors (Lipinski definition) is 2. The van der Waals surface area contributed by atoms with Gasteiger partial charge in [-0.15, -0.1) is 24.0 Å². The number of amides is 1. The number of nitrogens with one attached hydrogen (secondary N) is 2. The zero-order valence-electron chi connectivity index (χ0n) is 15.9. The van der Waals surface area contributed by atoms with Crippen LogP contribution in [0, 0.1) is 5.92 Å². The number of benzene rings is 1. The number of carbonyl (C=O) groups excluding carboxylic acids is 2. The highest BCUT2D eigenvalue weighted by Gasteiger charge is 2.27. The summed E-state index contributed by atoms with van der Waals surface area (Å²) in [5.74, 6) is 0.437. The van der Waals surface area contributed by atoms with Crippen molar-refractivity contribution in [3.63, 3.8) is 0 Å². The molecule has 1 saturated heterocycles. The van der Waals surface area contributed by atoms with Gasteiger partial charge in [0.25, 0.3) is 0 Å². The van der Waals surface area contributed by atoms with Crippen molar-refractivity contribution in [2.24, 2.45) is 10.9 Å². The maximum absolute atomic E-state index is 12.0. The fourth-order valence-electron chi connectivity index (χ4n) is 2.94. The molecule has 0 aliphatic carbocycles.